The number of hydrogen-bond donors (Lipinski definition) is 1. The molecule has 0 saturated heterocycles. The highest BCUT2D eigenvalue weighted by molar-refractivity contribution is 7.22. The lowest BCUT2D eigenvalue weighted by Crippen LogP contribution is -1.89. The molecule has 0 aliphatic rings. The Morgan fingerprint density at radius 2 is 1.88 bits per heavy atom. The lowest BCUT2D eigenvalue weighted by Gasteiger charge is -2.03. The molecule has 4 rings (SSSR count). The Kier molecular flexibility index (Phi) is 4.15. The zero-order chi connectivity index (χ0) is 17.4. The molecular formula is C19H17N3OS2. The monoisotopic (exact) mass is 367 g/mol. The van der Waals surface area contributed by atoms with Crippen molar-refractivity contribution in [3.63, 3.8) is 0 Å². The van der Waals surface area contributed by atoms with Crippen LogP contribution in [0.1, 0.15) is 11.1 Å². The number of methoxy groups -OCH3 is 1. The average molecular weight is 367 g/mol. The Labute approximate surface area is 154 Å². The van der Waals surface area contributed by atoms with Crippen molar-refractivity contribution in [3.05, 3.63) is 52.9 Å². The zero-order valence-corrected chi connectivity index (χ0v) is 15.8. The van der Waals surface area contributed by atoms with Crippen LogP contribution in [0.15, 0.2) is 41.8 Å². The molecule has 4 aromatic rings. The SMILES string of the molecule is COc1ccc2sc(Nc3nc(-c4cc(C)ccc4C)cs3)nc2c1. The number of hydrogen-bond acceptors (Lipinski definition) is 6. The van der Waals surface area contributed by atoms with Crippen LogP contribution in [0.5, 0.6) is 5.75 Å². The predicted molar refractivity (Wildman–Crippen MR) is 106 cm³/mol. The van der Waals surface area contributed by atoms with Gasteiger partial charge in [-0.05, 0) is 37.6 Å². The van der Waals surface area contributed by atoms with Crippen LogP contribution in [0, 0.1) is 13.8 Å². The zero-order valence-electron chi connectivity index (χ0n) is 14.2. The summed E-state index contributed by atoms with van der Waals surface area (Å²) in [4.78, 5) is 9.36. The number of anilines is 2. The largest absolute Gasteiger partial charge is 0.497 e. The highest BCUT2D eigenvalue weighted by Gasteiger charge is 2.10. The number of aryl methyl sites for hydroxylation is 2. The van der Waals surface area contributed by atoms with Crippen LogP contribution < -0.4 is 10.1 Å². The summed E-state index contributed by atoms with van der Waals surface area (Å²) < 4.78 is 6.38. The maximum atomic E-state index is 5.26. The van der Waals surface area contributed by atoms with Crippen LogP contribution in [0.4, 0.5) is 10.3 Å². The summed E-state index contributed by atoms with van der Waals surface area (Å²) in [5, 5.41) is 7.10. The second-order valence-corrected chi connectivity index (χ2v) is 7.72. The third kappa shape index (κ3) is 3.23. The highest BCUT2D eigenvalue weighted by atomic mass is 32.1. The standard InChI is InChI=1S/C19H17N3OS2/c1-11-4-5-12(2)14(8-11)16-10-24-18(21-16)22-19-20-15-9-13(23-3)6-7-17(15)25-19/h4-10H,1-3H3,(H,20,21,22). The van der Waals surface area contributed by atoms with E-state index >= 15 is 0 Å². The molecule has 2 heterocycles. The first-order valence-electron chi connectivity index (χ1n) is 7.87. The Hall–Kier alpha value is -2.44. The fourth-order valence-corrected chi connectivity index (χ4v) is 4.27. The molecule has 126 valence electrons. The van der Waals surface area contributed by atoms with Crippen molar-refractivity contribution in [3.8, 4) is 17.0 Å². The number of nitrogens with one attached hydrogen (secondary N) is 1. The van der Waals surface area contributed by atoms with E-state index in [0.29, 0.717) is 0 Å². The van der Waals surface area contributed by atoms with E-state index in [4.69, 9.17) is 9.72 Å². The molecule has 0 atom stereocenters. The smallest absolute Gasteiger partial charge is 0.190 e. The molecule has 0 unspecified atom stereocenters. The molecule has 0 saturated carbocycles. The van der Waals surface area contributed by atoms with Crippen LogP contribution >= 0.6 is 22.7 Å². The van der Waals surface area contributed by atoms with Gasteiger partial charge in [-0.3, -0.25) is 0 Å². The first-order chi connectivity index (χ1) is 12.1. The summed E-state index contributed by atoms with van der Waals surface area (Å²) in [5.41, 5.74) is 5.57. The predicted octanol–water partition coefficient (Wildman–Crippen LogP) is 5.79. The Morgan fingerprint density at radius 3 is 2.72 bits per heavy atom. The Balaban J connectivity index is 1.61. The number of thiazole rings is 2. The van der Waals surface area contributed by atoms with Crippen molar-refractivity contribution in [2.45, 2.75) is 13.8 Å². The van der Waals surface area contributed by atoms with E-state index in [0.717, 1.165) is 31.9 Å². The quantitative estimate of drug-likeness (QED) is 0.496. The molecule has 25 heavy (non-hydrogen) atoms. The highest BCUT2D eigenvalue weighted by Crippen LogP contribution is 2.33. The third-order valence-corrected chi connectivity index (χ3v) is 5.69. The van der Waals surface area contributed by atoms with Crippen molar-refractivity contribution in [2.75, 3.05) is 12.4 Å². The summed E-state index contributed by atoms with van der Waals surface area (Å²) in [6.45, 7) is 4.21. The van der Waals surface area contributed by atoms with Gasteiger partial charge < -0.3 is 10.1 Å². The van der Waals surface area contributed by atoms with Crippen molar-refractivity contribution in [2.24, 2.45) is 0 Å². The van der Waals surface area contributed by atoms with E-state index in [1.165, 1.54) is 16.7 Å². The molecule has 0 spiro atoms. The summed E-state index contributed by atoms with van der Waals surface area (Å²) in [5.74, 6) is 0.816. The summed E-state index contributed by atoms with van der Waals surface area (Å²) in [6.07, 6.45) is 0. The van der Waals surface area contributed by atoms with Gasteiger partial charge in [-0.15, -0.1) is 11.3 Å². The Bertz CT molecular complexity index is 1050. The molecule has 6 heteroatoms. The summed E-state index contributed by atoms with van der Waals surface area (Å²) in [6, 6.07) is 12.4. The van der Waals surface area contributed by atoms with E-state index < -0.39 is 0 Å². The molecular weight excluding hydrogens is 350 g/mol. The summed E-state index contributed by atoms with van der Waals surface area (Å²) in [7, 11) is 1.66. The van der Waals surface area contributed by atoms with Gasteiger partial charge in [-0.1, -0.05) is 29.0 Å². The number of nitrogens with zero attached hydrogens (tertiary/aromatic N) is 2. The van der Waals surface area contributed by atoms with Crippen LogP contribution in [0.2, 0.25) is 0 Å². The van der Waals surface area contributed by atoms with E-state index in [9.17, 15) is 0 Å². The van der Waals surface area contributed by atoms with Crippen LogP contribution in [0.25, 0.3) is 21.5 Å². The van der Waals surface area contributed by atoms with Gasteiger partial charge in [0.15, 0.2) is 10.3 Å². The van der Waals surface area contributed by atoms with Gasteiger partial charge in [-0.25, -0.2) is 9.97 Å². The fourth-order valence-electron chi connectivity index (χ4n) is 2.65. The topological polar surface area (TPSA) is 47.0 Å². The van der Waals surface area contributed by atoms with Crippen LogP contribution in [0.3, 0.4) is 0 Å². The molecule has 0 aliphatic heterocycles. The average Bonchev–Trinajstić information content (AvgIpc) is 3.22. The molecule has 0 aliphatic carbocycles. The lowest BCUT2D eigenvalue weighted by molar-refractivity contribution is 0.415. The normalized spacial score (nSPS) is 11.0. The number of benzene rings is 2. The lowest BCUT2D eigenvalue weighted by atomic mass is 10.0. The number of ether oxygens (including phenoxy) is 1. The minimum atomic E-state index is 0.816. The van der Waals surface area contributed by atoms with E-state index in [2.05, 4.69) is 47.7 Å². The number of rotatable bonds is 4. The Morgan fingerprint density at radius 1 is 1.00 bits per heavy atom. The van der Waals surface area contributed by atoms with Gasteiger partial charge in [0.2, 0.25) is 0 Å². The van der Waals surface area contributed by atoms with Gasteiger partial charge in [0.1, 0.15) is 5.75 Å². The van der Waals surface area contributed by atoms with Crippen molar-refractivity contribution in [1.29, 1.82) is 0 Å². The van der Waals surface area contributed by atoms with E-state index in [1.54, 1.807) is 29.8 Å². The van der Waals surface area contributed by atoms with E-state index in [-0.39, 0.29) is 0 Å². The maximum absolute atomic E-state index is 5.26. The molecule has 1 N–H and O–H groups in total. The van der Waals surface area contributed by atoms with Crippen molar-refractivity contribution < 1.29 is 4.74 Å². The second kappa shape index (κ2) is 6.46. The van der Waals surface area contributed by atoms with Gasteiger partial charge in [-0.2, -0.15) is 0 Å². The fraction of sp³-hybridized carbons (Fsp3) is 0.158. The van der Waals surface area contributed by atoms with Crippen LogP contribution in [-0.4, -0.2) is 17.1 Å². The molecule has 4 nitrogen and oxygen atoms in total. The molecule has 2 aromatic heterocycles. The molecule has 0 radical (unpaired) electrons. The first-order valence-corrected chi connectivity index (χ1v) is 9.57. The molecule has 2 aromatic carbocycles. The minimum Gasteiger partial charge on any atom is -0.497 e. The van der Waals surface area contributed by atoms with Gasteiger partial charge in [0.05, 0.1) is 23.0 Å². The molecule has 0 bridgehead atoms. The second-order valence-electron chi connectivity index (χ2n) is 5.83. The number of fused-ring (bicyclic) bond motifs is 1. The van der Waals surface area contributed by atoms with Gasteiger partial charge in [0.25, 0.3) is 0 Å². The number of aromatic nitrogens is 2. The van der Waals surface area contributed by atoms with Crippen LogP contribution in [-0.2, 0) is 0 Å². The van der Waals surface area contributed by atoms with Gasteiger partial charge in [0, 0.05) is 17.0 Å². The molecule has 0 amide bonds. The molecule has 0 fully saturated rings. The van der Waals surface area contributed by atoms with Crippen molar-refractivity contribution >= 4 is 43.2 Å². The van der Waals surface area contributed by atoms with Crippen molar-refractivity contribution in [1.82, 2.24) is 9.97 Å². The summed E-state index contributed by atoms with van der Waals surface area (Å²) >= 11 is 3.20. The third-order valence-electron chi connectivity index (χ3n) is 3.98. The van der Waals surface area contributed by atoms with Gasteiger partial charge >= 0.3 is 0 Å². The first kappa shape index (κ1) is 16.1. The van der Waals surface area contributed by atoms with E-state index in [1.807, 2.05) is 18.2 Å². The minimum absolute atomic E-state index is 0.816. The maximum Gasteiger partial charge on any atom is 0.190 e.